The van der Waals surface area contributed by atoms with Crippen molar-refractivity contribution in [3.05, 3.63) is 46.6 Å². The van der Waals surface area contributed by atoms with Gasteiger partial charge in [0, 0.05) is 29.3 Å². The van der Waals surface area contributed by atoms with Gasteiger partial charge in [0.2, 0.25) is 15.9 Å². The Morgan fingerprint density at radius 1 is 1.28 bits per heavy atom. The molecule has 25 heavy (non-hydrogen) atoms. The maximum absolute atomic E-state index is 12.2. The van der Waals surface area contributed by atoms with Gasteiger partial charge < -0.3 is 11.1 Å². The fourth-order valence-electron chi connectivity index (χ4n) is 2.07. The number of hydrogen-bond acceptors (Lipinski definition) is 5. The van der Waals surface area contributed by atoms with Gasteiger partial charge in [0.05, 0.1) is 0 Å². The Morgan fingerprint density at radius 2 is 1.96 bits per heavy atom. The fraction of sp³-hybridized carbons (Fsp3) is 0.250. The van der Waals surface area contributed by atoms with Crippen molar-refractivity contribution in [3.8, 4) is 0 Å². The number of nitrogens with one attached hydrogen (secondary N) is 2. The number of rotatable bonds is 7. The number of carbonyl (C=O) groups is 1. The zero-order chi connectivity index (χ0) is 18.4. The summed E-state index contributed by atoms with van der Waals surface area (Å²) in [4.78, 5) is 15.6. The molecule has 4 N–H and O–H groups in total. The van der Waals surface area contributed by atoms with Crippen molar-refractivity contribution >= 4 is 43.4 Å². The molecule has 7 nitrogen and oxygen atoms in total. The third-order valence-electron chi connectivity index (χ3n) is 3.43. The van der Waals surface area contributed by atoms with Crippen molar-refractivity contribution in [1.82, 2.24) is 9.71 Å². The van der Waals surface area contributed by atoms with Crippen LogP contribution in [0.2, 0.25) is 0 Å². The molecule has 0 bridgehead atoms. The molecule has 0 saturated heterocycles. The van der Waals surface area contributed by atoms with E-state index in [0.717, 1.165) is 6.42 Å². The Labute approximate surface area is 155 Å². The van der Waals surface area contributed by atoms with Gasteiger partial charge in [-0.1, -0.05) is 19.1 Å². The number of aromatic nitrogens is 1. The number of nitrogen functional groups attached to an aromatic ring is 1. The third kappa shape index (κ3) is 5.52. The highest BCUT2D eigenvalue weighted by atomic mass is 79.9. The first-order valence-electron chi connectivity index (χ1n) is 7.61. The van der Waals surface area contributed by atoms with Gasteiger partial charge in [-0.05, 0) is 46.1 Å². The van der Waals surface area contributed by atoms with E-state index in [0.29, 0.717) is 10.2 Å². The van der Waals surface area contributed by atoms with E-state index in [2.05, 4.69) is 31.0 Å². The van der Waals surface area contributed by atoms with Crippen molar-refractivity contribution in [3.63, 3.8) is 0 Å². The van der Waals surface area contributed by atoms with Crippen LogP contribution in [0, 0.1) is 0 Å². The minimum Gasteiger partial charge on any atom is -0.383 e. The minimum absolute atomic E-state index is 0.00387. The van der Waals surface area contributed by atoms with Crippen LogP contribution in [0.5, 0.6) is 0 Å². The molecule has 0 aliphatic heterocycles. The van der Waals surface area contributed by atoms with E-state index in [4.69, 9.17) is 5.73 Å². The van der Waals surface area contributed by atoms with Gasteiger partial charge in [0.1, 0.15) is 10.7 Å². The number of carbonyl (C=O) groups excluding carboxylic acids is 1. The van der Waals surface area contributed by atoms with Crippen molar-refractivity contribution < 1.29 is 13.2 Å². The standard InChI is InChI=1S/C16H19BrN4O3S/c1-2-11-3-5-13(6-4-11)21-15(22)7-8-20-25(23,24)14-9-12(17)10-19-16(14)18/h3-6,9-10,20H,2,7-8H2,1H3,(H2,18,19)(H,21,22). The van der Waals surface area contributed by atoms with Gasteiger partial charge in [0.25, 0.3) is 0 Å². The second kappa shape index (κ2) is 8.41. The Morgan fingerprint density at radius 3 is 2.60 bits per heavy atom. The molecule has 0 unspecified atom stereocenters. The van der Waals surface area contributed by atoms with Gasteiger partial charge in [-0.3, -0.25) is 4.79 Å². The van der Waals surface area contributed by atoms with Crippen molar-refractivity contribution in [2.24, 2.45) is 0 Å². The van der Waals surface area contributed by atoms with Gasteiger partial charge >= 0.3 is 0 Å². The SMILES string of the molecule is CCc1ccc(NC(=O)CCNS(=O)(=O)c2cc(Br)cnc2N)cc1. The molecule has 0 aliphatic carbocycles. The summed E-state index contributed by atoms with van der Waals surface area (Å²) in [5, 5.41) is 2.72. The fourth-order valence-corrected chi connectivity index (χ4v) is 3.69. The molecule has 1 heterocycles. The first-order valence-corrected chi connectivity index (χ1v) is 9.89. The van der Waals surface area contributed by atoms with Crippen molar-refractivity contribution in [2.45, 2.75) is 24.7 Å². The summed E-state index contributed by atoms with van der Waals surface area (Å²) in [5.74, 6) is -0.386. The van der Waals surface area contributed by atoms with Crippen LogP contribution in [0.4, 0.5) is 11.5 Å². The summed E-state index contributed by atoms with van der Waals surface area (Å²) in [6.45, 7) is 2.00. The van der Waals surface area contributed by atoms with E-state index >= 15 is 0 Å². The van der Waals surface area contributed by atoms with Crippen LogP contribution >= 0.6 is 15.9 Å². The second-order valence-corrected chi connectivity index (χ2v) is 7.93. The van der Waals surface area contributed by atoms with E-state index in [1.54, 1.807) is 0 Å². The van der Waals surface area contributed by atoms with Gasteiger partial charge in [-0.25, -0.2) is 18.1 Å². The lowest BCUT2D eigenvalue weighted by Gasteiger charge is -2.09. The molecule has 0 spiro atoms. The number of amides is 1. The molecule has 0 saturated carbocycles. The molecule has 2 aromatic rings. The predicted molar refractivity (Wildman–Crippen MR) is 101 cm³/mol. The Balaban J connectivity index is 1.90. The number of nitrogens with zero attached hydrogens (tertiary/aromatic N) is 1. The Hall–Kier alpha value is -1.97. The third-order valence-corrected chi connectivity index (χ3v) is 5.35. The average molecular weight is 427 g/mol. The van der Waals surface area contributed by atoms with Crippen LogP contribution < -0.4 is 15.8 Å². The largest absolute Gasteiger partial charge is 0.383 e. The van der Waals surface area contributed by atoms with Gasteiger partial charge in [-0.15, -0.1) is 0 Å². The van der Waals surface area contributed by atoms with Crippen LogP contribution in [-0.2, 0) is 21.2 Å². The van der Waals surface area contributed by atoms with E-state index in [-0.39, 0.29) is 29.6 Å². The highest BCUT2D eigenvalue weighted by molar-refractivity contribution is 9.10. The number of pyridine rings is 1. The van der Waals surface area contributed by atoms with Crippen LogP contribution in [0.3, 0.4) is 0 Å². The molecular weight excluding hydrogens is 408 g/mol. The molecule has 1 amide bonds. The van der Waals surface area contributed by atoms with Crippen LogP contribution in [-0.4, -0.2) is 25.9 Å². The molecule has 0 atom stereocenters. The minimum atomic E-state index is -3.84. The summed E-state index contributed by atoms with van der Waals surface area (Å²) in [6, 6.07) is 8.85. The lowest BCUT2D eigenvalue weighted by Crippen LogP contribution is -2.28. The normalized spacial score (nSPS) is 11.3. The van der Waals surface area contributed by atoms with E-state index in [1.807, 2.05) is 31.2 Å². The second-order valence-electron chi connectivity index (χ2n) is 5.28. The average Bonchev–Trinajstić information content (AvgIpc) is 2.57. The molecule has 0 fully saturated rings. The first-order chi connectivity index (χ1) is 11.8. The number of nitrogens with two attached hydrogens (primary N) is 1. The lowest BCUT2D eigenvalue weighted by atomic mass is 10.1. The van der Waals surface area contributed by atoms with Crippen molar-refractivity contribution in [2.75, 3.05) is 17.6 Å². The molecule has 2 rings (SSSR count). The summed E-state index contributed by atoms with van der Waals surface area (Å²) >= 11 is 3.15. The molecule has 0 radical (unpaired) electrons. The summed E-state index contributed by atoms with van der Waals surface area (Å²) in [5.41, 5.74) is 7.45. The monoisotopic (exact) mass is 426 g/mol. The first kappa shape index (κ1) is 19.4. The summed E-state index contributed by atoms with van der Waals surface area (Å²) < 4.78 is 27.3. The lowest BCUT2D eigenvalue weighted by molar-refractivity contribution is -0.116. The highest BCUT2D eigenvalue weighted by Crippen LogP contribution is 2.20. The van der Waals surface area contributed by atoms with E-state index < -0.39 is 10.0 Å². The number of benzene rings is 1. The van der Waals surface area contributed by atoms with E-state index in [1.165, 1.54) is 17.8 Å². The van der Waals surface area contributed by atoms with E-state index in [9.17, 15) is 13.2 Å². The van der Waals surface area contributed by atoms with Crippen LogP contribution in [0.1, 0.15) is 18.9 Å². The maximum atomic E-state index is 12.2. The van der Waals surface area contributed by atoms with Crippen LogP contribution in [0.25, 0.3) is 0 Å². The highest BCUT2D eigenvalue weighted by Gasteiger charge is 2.19. The molecule has 0 aliphatic rings. The molecule has 1 aromatic carbocycles. The topological polar surface area (TPSA) is 114 Å². The predicted octanol–water partition coefficient (Wildman–Crippen LogP) is 2.30. The van der Waals surface area contributed by atoms with Gasteiger partial charge in [-0.2, -0.15) is 0 Å². The number of hydrogen-bond donors (Lipinski definition) is 3. The van der Waals surface area contributed by atoms with Gasteiger partial charge in [0.15, 0.2) is 0 Å². The number of sulfonamides is 1. The smallest absolute Gasteiger partial charge is 0.244 e. The Bertz CT molecular complexity index is 854. The maximum Gasteiger partial charge on any atom is 0.244 e. The van der Waals surface area contributed by atoms with Crippen molar-refractivity contribution in [1.29, 1.82) is 0 Å². The number of aryl methyl sites for hydroxylation is 1. The molecule has 9 heteroatoms. The number of anilines is 2. The Kier molecular flexibility index (Phi) is 6.51. The van der Waals surface area contributed by atoms with Crippen LogP contribution in [0.15, 0.2) is 45.9 Å². The summed E-state index contributed by atoms with van der Waals surface area (Å²) in [6.07, 6.45) is 2.32. The number of halogens is 1. The summed E-state index contributed by atoms with van der Waals surface area (Å²) in [7, 11) is -3.84. The molecule has 134 valence electrons. The zero-order valence-corrected chi connectivity index (χ0v) is 16.0. The molecule has 1 aromatic heterocycles. The molecular formula is C16H19BrN4O3S. The quantitative estimate of drug-likeness (QED) is 0.628. The zero-order valence-electron chi connectivity index (χ0n) is 13.6.